The first-order valence-corrected chi connectivity index (χ1v) is 7.93. The third-order valence-corrected chi connectivity index (χ3v) is 3.71. The second-order valence-corrected chi connectivity index (χ2v) is 5.40. The van der Waals surface area contributed by atoms with Crippen molar-refractivity contribution in [2.24, 2.45) is 0 Å². The van der Waals surface area contributed by atoms with Gasteiger partial charge >= 0.3 is 0 Å². The van der Waals surface area contributed by atoms with Crippen LogP contribution in [-0.4, -0.2) is 5.11 Å². The molecule has 2 heteroatoms. The van der Waals surface area contributed by atoms with Crippen molar-refractivity contribution in [2.75, 3.05) is 0 Å². The van der Waals surface area contributed by atoms with E-state index in [-0.39, 0.29) is 0 Å². The van der Waals surface area contributed by atoms with E-state index in [1.165, 1.54) is 12.8 Å². The number of benzene rings is 2. The molecule has 0 fully saturated rings. The van der Waals surface area contributed by atoms with Gasteiger partial charge in [0.15, 0.2) is 0 Å². The van der Waals surface area contributed by atoms with E-state index < -0.39 is 0 Å². The Morgan fingerprint density at radius 3 is 2.50 bits per heavy atom. The molecule has 0 aliphatic heterocycles. The highest BCUT2D eigenvalue weighted by atomic mass is 16.5. The van der Waals surface area contributed by atoms with E-state index in [1.807, 2.05) is 42.5 Å². The molecule has 0 aliphatic carbocycles. The standard InChI is InChI=1S/C20H24O2/c1-3-5-7-13-18-17(10-4-2)19(21)14-15-20(18)22-16-11-8-6-9-12-16/h4,6,8-9,11-12,14-15,21H,2-3,5,7,10,13H2,1H3. The van der Waals surface area contributed by atoms with Crippen molar-refractivity contribution in [1.29, 1.82) is 0 Å². The fourth-order valence-electron chi connectivity index (χ4n) is 2.57. The second-order valence-electron chi connectivity index (χ2n) is 5.40. The van der Waals surface area contributed by atoms with Crippen molar-refractivity contribution in [2.45, 2.75) is 39.0 Å². The molecule has 2 rings (SSSR count). The smallest absolute Gasteiger partial charge is 0.131 e. The zero-order valence-electron chi connectivity index (χ0n) is 13.2. The largest absolute Gasteiger partial charge is 0.508 e. The van der Waals surface area contributed by atoms with Crippen LogP contribution in [0, 0.1) is 0 Å². The molecule has 1 N–H and O–H groups in total. The molecule has 2 aromatic carbocycles. The summed E-state index contributed by atoms with van der Waals surface area (Å²) in [5.74, 6) is 1.97. The summed E-state index contributed by atoms with van der Waals surface area (Å²) in [6.07, 6.45) is 6.82. The Bertz CT molecular complexity index is 603. The van der Waals surface area contributed by atoms with Crippen molar-refractivity contribution < 1.29 is 9.84 Å². The molecule has 0 bridgehead atoms. The Hall–Kier alpha value is -2.22. The van der Waals surface area contributed by atoms with E-state index in [2.05, 4.69) is 13.5 Å². The highest BCUT2D eigenvalue weighted by molar-refractivity contribution is 5.50. The van der Waals surface area contributed by atoms with Gasteiger partial charge in [0.05, 0.1) is 0 Å². The summed E-state index contributed by atoms with van der Waals surface area (Å²) in [6.45, 7) is 5.99. The van der Waals surface area contributed by atoms with Crippen LogP contribution in [-0.2, 0) is 12.8 Å². The second kappa shape index (κ2) is 8.28. The van der Waals surface area contributed by atoms with Gasteiger partial charge in [0, 0.05) is 11.1 Å². The maximum absolute atomic E-state index is 10.2. The van der Waals surface area contributed by atoms with E-state index in [0.717, 1.165) is 35.5 Å². The summed E-state index contributed by atoms with van der Waals surface area (Å²) >= 11 is 0. The molecule has 0 unspecified atom stereocenters. The monoisotopic (exact) mass is 296 g/mol. The van der Waals surface area contributed by atoms with Crippen molar-refractivity contribution in [3.63, 3.8) is 0 Å². The van der Waals surface area contributed by atoms with Crippen LogP contribution in [0.15, 0.2) is 55.1 Å². The Morgan fingerprint density at radius 2 is 1.82 bits per heavy atom. The first kappa shape index (κ1) is 16.2. The number of phenols is 1. The van der Waals surface area contributed by atoms with Crippen molar-refractivity contribution in [3.05, 3.63) is 66.2 Å². The van der Waals surface area contributed by atoms with Gasteiger partial charge < -0.3 is 9.84 Å². The predicted octanol–water partition coefficient (Wildman–Crippen LogP) is 5.65. The zero-order chi connectivity index (χ0) is 15.8. The van der Waals surface area contributed by atoms with Crippen LogP contribution >= 0.6 is 0 Å². The van der Waals surface area contributed by atoms with Crippen LogP contribution in [0.3, 0.4) is 0 Å². The van der Waals surface area contributed by atoms with Gasteiger partial charge in [-0.25, -0.2) is 0 Å². The van der Waals surface area contributed by atoms with Gasteiger partial charge in [0.2, 0.25) is 0 Å². The van der Waals surface area contributed by atoms with Gasteiger partial charge in [0.1, 0.15) is 17.2 Å². The number of unbranched alkanes of at least 4 members (excludes halogenated alkanes) is 2. The highest BCUT2D eigenvalue weighted by Crippen LogP contribution is 2.34. The van der Waals surface area contributed by atoms with Crippen molar-refractivity contribution in [3.8, 4) is 17.2 Å². The lowest BCUT2D eigenvalue weighted by Crippen LogP contribution is -1.99. The number of rotatable bonds is 8. The highest BCUT2D eigenvalue weighted by Gasteiger charge is 2.13. The number of hydrogen-bond acceptors (Lipinski definition) is 2. The Labute approximate surface area is 133 Å². The van der Waals surface area contributed by atoms with E-state index in [1.54, 1.807) is 6.07 Å². The summed E-state index contributed by atoms with van der Waals surface area (Å²) in [4.78, 5) is 0. The summed E-state index contributed by atoms with van der Waals surface area (Å²) in [7, 11) is 0. The Kier molecular flexibility index (Phi) is 6.08. The van der Waals surface area contributed by atoms with Gasteiger partial charge in [-0.05, 0) is 43.5 Å². The molecular weight excluding hydrogens is 272 g/mol. The zero-order valence-corrected chi connectivity index (χ0v) is 13.2. The topological polar surface area (TPSA) is 29.5 Å². The maximum Gasteiger partial charge on any atom is 0.131 e. The van der Waals surface area contributed by atoms with Crippen LogP contribution in [0.25, 0.3) is 0 Å². The first-order valence-electron chi connectivity index (χ1n) is 7.93. The third-order valence-electron chi connectivity index (χ3n) is 3.71. The normalized spacial score (nSPS) is 10.4. The molecule has 0 atom stereocenters. The van der Waals surface area contributed by atoms with Crippen molar-refractivity contribution >= 4 is 0 Å². The molecule has 0 heterocycles. The minimum absolute atomic E-state index is 0.326. The fraction of sp³-hybridized carbons (Fsp3) is 0.300. The van der Waals surface area contributed by atoms with E-state index in [9.17, 15) is 5.11 Å². The van der Waals surface area contributed by atoms with Crippen LogP contribution in [0.1, 0.15) is 37.3 Å². The van der Waals surface area contributed by atoms with Gasteiger partial charge in [0.25, 0.3) is 0 Å². The first-order chi connectivity index (χ1) is 10.8. The molecule has 0 radical (unpaired) electrons. The van der Waals surface area contributed by atoms with E-state index in [4.69, 9.17) is 4.74 Å². The summed E-state index contributed by atoms with van der Waals surface area (Å²) in [5, 5.41) is 10.2. The van der Waals surface area contributed by atoms with Crippen LogP contribution in [0.5, 0.6) is 17.2 Å². The number of phenolic OH excluding ortho intramolecular Hbond substituents is 1. The predicted molar refractivity (Wildman–Crippen MR) is 91.8 cm³/mol. The van der Waals surface area contributed by atoms with Gasteiger partial charge in [-0.15, -0.1) is 6.58 Å². The lowest BCUT2D eigenvalue weighted by atomic mass is 9.97. The van der Waals surface area contributed by atoms with Crippen molar-refractivity contribution in [1.82, 2.24) is 0 Å². The molecule has 0 saturated heterocycles. The minimum Gasteiger partial charge on any atom is -0.508 e. The lowest BCUT2D eigenvalue weighted by molar-refractivity contribution is 0.453. The number of hydrogen-bond donors (Lipinski definition) is 1. The molecule has 2 nitrogen and oxygen atoms in total. The number of allylic oxidation sites excluding steroid dienone is 1. The number of ether oxygens (including phenoxy) is 1. The number of para-hydroxylation sites is 1. The molecule has 0 saturated carbocycles. The Balaban J connectivity index is 2.33. The molecule has 0 amide bonds. The van der Waals surface area contributed by atoms with Gasteiger partial charge in [-0.1, -0.05) is 44.0 Å². The summed E-state index contributed by atoms with van der Waals surface area (Å²) in [6, 6.07) is 13.3. The van der Waals surface area contributed by atoms with E-state index in [0.29, 0.717) is 12.2 Å². The fourth-order valence-corrected chi connectivity index (χ4v) is 2.57. The minimum atomic E-state index is 0.326. The number of aromatic hydroxyl groups is 1. The summed E-state index contributed by atoms with van der Waals surface area (Å²) < 4.78 is 6.04. The summed E-state index contributed by atoms with van der Waals surface area (Å²) in [5.41, 5.74) is 2.02. The van der Waals surface area contributed by atoms with Gasteiger partial charge in [-0.2, -0.15) is 0 Å². The van der Waals surface area contributed by atoms with Crippen LogP contribution in [0.2, 0.25) is 0 Å². The van der Waals surface area contributed by atoms with E-state index >= 15 is 0 Å². The SMILES string of the molecule is C=CCc1c(O)ccc(Oc2ccccc2)c1CCCCC. The quantitative estimate of drug-likeness (QED) is 0.504. The molecule has 0 spiro atoms. The molecule has 22 heavy (non-hydrogen) atoms. The maximum atomic E-state index is 10.2. The molecular formula is C20H24O2. The van der Waals surface area contributed by atoms with Crippen LogP contribution < -0.4 is 4.74 Å². The van der Waals surface area contributed by atoms with Gasteiger partial charge in [-0.3, -0.25) is 0 Å². The average molecular weight is 296 g/mol. The lowest BCUT2D eigenvalue weighted by Gasteiger charge is -2.16. The average Bonchev–Trinajstić information content (AvgIpc) is 2.54. The molecule has 0 aliphatic rings. The Morgan fingerprint density at radius 1 is 1.05 bits per heavy atom. The van der Waals surface area contributed by atoms with Crippen LogP contribution in [0.4, 0.5) is 0 Å². The third kappa shape index (κ3) is 4.14. The molecule has 116 valence electrons. The molecule has 0 aromatic heterocycles. The molecule has 2 aromatic rings.